The number of hydrogen-bond donors (Lipinski definition) is 3. The predicted molar refractivity (Wildman–Crippen MR) is 76.1 cm³/mol. The Morgan fingerprint density at radius 3 is 2.90 bits per heavy atom. The summed E-state index contributed by atoms with van der Waals surface area (Å²) in [6.07, 6.45) is 2.87. The molecule has 0 atom stereocenters. The van der Waals surface area contributed by atoms with Gasteiger partial charge in [-0.25, -0.2) is 0 Å². The highest BCUT2D eigenvalue weighted by Gasteiger charge is 2.11. The van der Waals surface area contributed by atoms with Gasteiger partial charge in [-0.1, -0.05) is 18.2 Å². The Kier molecular flexibility index (Phi) is 3.15. The Balaban J connectivity index is 1.76. The molecule has 0 saturated heterocycles. The van der Waals surface area contributed by atoms with Gasteiger partial charge in [0.1, 0.15) is 12.2 Å². The Hall–Kier alpha value is -3.09. The molecule has 0 spiro atoms. The van der Waals surface area contributed by atoms with Crippen molar-refractivity contribution in [1.82, 2.24) is 14.8 Å². The fraction of sp³-hybridized carbons (Fsp3) is 0.0714. The molecule has 3 N–H and O–H groups in total. The second-order valence-corrected chi connectivity index (χ2v) is 4.54. The number of carbonyl (C=O) groups excluding carboxylic acids is 1. The molecule has 0 aliphatic heterocycles. The van der Waals surface area contributed by atoms with E-state index in [1.165, 1.54) is 17.1 Å². The van der Waals surface area contributed by atoms with E-state index < -0.39 is 5.97 Å². The molecule has 21 heavy (non-hydrogen) atoms. The summed E-state index contributed by atoms with van der Waals surface area (Å²) in [5.74, 6) is -1.30. The number of anilines is 1. The van der Waals surface area contributed by atoms with Gasteiger partial charge in [-0.2, -0.15) is 5.10 Å². The number of nitrogens with one attached hydrogen (secondary N) is 2. The van der Waals surface area contributed by atoms with Gasteiger partial charge in [0.15, 0.2) is 0 Å². The van der Waals surface area contributed by atoms with E-state index in [0.29, 0.717) is 11.4 Å². The standard InChI is InChI=1S/C14H12N4O3/c19-13(20)8-18-7-10(6-15-18)16-14(21)12-5-9-3-1-2-4-11(9)17-12/h1-7,17H,8H2,(H,16,21)(H,19,20). The largest absolute Gasteiger partial charge is 0.480 e. The van der Waals surface area contributed by atoms with Crippen LogP contribution in [0.15, 0.2) is 42.7 Å². The van der Waals surface area contributed by atoms with Crippen LogP contribution < -0.4 is 5.32 Å². The fourth-order valence-corrected chi connectivity index (χ4v) is 2.05. The molecule has 106 valence electrons. The molecule has 2 aromatic heterocycles. The zero-order chi connectivity index (χ0) is 14.8. The number of aromatic amines is 1. The first-order chi connectivity index (χ1) is 10.1. The van der Waals surface area contributed by atoms with Crippen LogP contribution >= 0.6 is 0 Å². The lowest BCUT2D eigenvalue weighted by Gasteiger charge is -1.99. The van der Waals surface area contributed by atoms with Crippen LogP contribution in [0.2, 0.25) is 0 Å². The number of nitrogens with zero attached hydrogens (tertiary/aromatic N) is 2. The van der Waals surface area contributed by atoms with Crippen LogP contribution in [-0.4, -0.2) is 31.7 Å². The lowest BCUT2D eigenvalue weighted by Crippen LogP contribution is -2.12. The maximum Gasteiger partial charge on any atom is 0.325 e. The lowest BCUT2D eigenvalue weighted by atomic mass is 10.2. The summed E-state index contributed by atoms with van der Waals surface area (Å²) < 4.78 is 1.24. The Morgan fingerprint density at radius 1 is 1.33 bits per heavy atom. The van der Waals surface area contributed by atoms with Crippen molar-refractivity contribution in [3.05, 3.63) is 48.4 Å². The molecule has 2 heterocycles. The molecule has 0 bridgehead atoms. The van der Waals surface area contributed by atoms with Gasteiger partial charge in [-0.15, -0.1) is 0 Å². The molecule has 0 saturated carbocycles. The van der Waals surface area contributed by atoms with Crippen molar-refractivity contribution in [2.24, 2.45) is 0 Å². The number of amides is 1. The molecule has 0 radical (unpaired) electrons. The van der Waals surface area contributed by atoms with Gasteiger partial charge in [0, 0.05) is 17.1 Å². The molecule has 1 aromatic carbocycles. The third-order valence-corrected chi connectivity index (χ3v) is 2.96. The fourth-order valence-electron chi connectivity index (χ4n) is 2.05. The molecule has 3 rings (SSSR count). The van der Waals surface area contributed by atoms with E-state index in [0.717, 1.165) is 10.9 Å². The predicted octanol–water partition coefficient (Wildman–Crippen LogP) is 1.70. The minimum Gasteiger partial charge on any atom is -0.480 e. The third kappa shape index (κ3) is 2.76. The van der Waals surface area contributed by atoms with E-state index in [1.807, 2.05) is 24.3 Å². The highest BCUT2D eigenvalue weighted by molar-refractivity contribution is 6.05. The zero-order valence-corrected chi connectivity index (χ0v) is 10.9. The number of aromatic nitrogens is 3. The molecule has 3 aromatic rings. The van der Waals surface area contributed by atoms with Gasteiger partial charge in [-0.3, -0.25) is 14.3 Å². The number of benzene rings is 1. The Morgan fingerprint density at radius 2 is 2.14 bits per heavy atom. The molecule has 0 aliphatic carbocycles. The average molecular weight is 284 g/mol. The average Bonchev–Trinajstić information content (AvgIpc) is 3.04. The van der Waals surface area contributed by atoms with Crippen molar-refractivity contribution in [3.63, 3.8) is 0 Å². The second kappa shape index (κ2) is 5.12. The van der Waals surface area contributed by atoms with Crippen LogP contribution in [0.3, 0.4) is 0 Å². The van der Waals surface area contributed by atoms with Gasteiger partial charge in [0.05, 0.1) is 11.9 Å². The molecule has 0 aliphatic rings. The van der Waals surface area contributed by atoms with Gasteiger partial charge in [0.2, 0.25) is 0 Å². The van der Waals surface area contributed by atoms with E-state index in [9.17, 15) is 9.59 Å². The number of fused-ring (bicyclic) bond motifs is 1. The zero-order valence-electron chi connectivity index (χ0n) is 10.9. The van der Waals surface area contributed by atoms with E-state index in [-0.39, 0.29) is 12.5 Å². The molecule has 7 heteroatoms. The van der Waals surface area contributed by atoms with E-state index in [4.69, 9.17) is 5.11 Å². The highest BCUT2D eigenvalue weighted by atomic mass is 16.4. The number of rotatable bonds is 4. The van der Waals surface area contributed by atoms with Gasteiger partial charge >= 0.3 is 5.97 Å². The number of H-pyrrole nitrogens is 1. The molecular formula is C14H12N4O3. The summed E-state index contributed by atoms with van der Waals surface area (Å²) >= 11 is 0. The van der Waals surface area contributed by atoms with Gasteiger partial charge in [0.25, 0.3) is 5.91 Å². The van der Waals surface area contributed by atoms with E-state index in [1.54, 1.807) is 6.07 Å². The molecule has 7 nitrogen and oxygen atoms in total. The van der Waals surface area contributed by atoms with Crippen molar-refractivity contribution in [3.8, 4) is 0 Å². The number of carbonyl (C=O) groups is 2. The van der Waals surface area contributed by atoms with Crippen molar-refractivity contribution in [2.75, 3.05) is 5.32 Å². The Labute approximate surface area is 119 Å². The first-order valence-corrected chi connectivity index (χ1v) is 6.25. The van der Waals surface area contributed by atoms with Crippen LogP contribution in [-0.2, 0) is 11.3 Å². The lowest BCUT2D eigenvalue weighted by molar-refractivity contribution is -0.137. The summed E-state index contributed by atoms with van der Waals surface area (Å²) in [5.41, 5.74) is 1.76. The molecule has 0 unspecified atom stereocenters. The van der Waals surface area contributed by atoms with Crippen LogP contribution in [0.1, 0.15) is 10.5 Å². The summed E-state index contributed by atoms with van der Waals surface area (Å²) in [4.78, 5) is 25.7. The van der Waals surface area contributed by atoms with Crippen LogP contribution in [0, 0.1) is 0 Å². The number of para-hydroxylation sites is 1. The van der Waals surface area contributed by atoms with Crippen LogP contribution in [0.5, 0.6) is 0 Å². The van der Waals surface area contributed by atoms with Crippen molar-refractivity contribution < 1.29 is 14.7 Å². The maximum absolute atomic E-state index is 12.1. The third-order valence-electron chi connectivity index (χ3n) is 2.96. The maximum atomic E-state index is 12.1. The van der Waals surface area contributed by atoms with Crippen molar-refractivity contribution in [2.45, 2.75) is 6.54 Å². The summed E-state index contributed by atoms with van der Waals surface area (Å²) in [6.45, 7) is -0.248. The summed E-state index contributed by atoms with van der Waals surface area (Å²) in [7, 11) is 0. The van der Waals surface area contributed by atoms with E-state index in [2.05, 4.69) is 15.4 Å². The van der Waals surface area contributed by atoms with Crippen LogP contribution in [0.4, 0.5) is 5.69 Å². The number of aliphatic carboxylic acids is 1. The van der Waals surface area contributed by atoms with Crippen LogP contribution in [0.25, 0.3) is 10.9 Å². The topological polar surface area (TPSA) is 100 Å². The first-order valence-electron chi connectivity index (χ1n) is 6.25. The quantitative estimate of drug-likeness (QED) is 0.678. The van der Waals surface area contributed by atoms with E-state index >= 15 is 0 Å². The number of carboxylic acids is 1. The van der Waals surface area contributed by atoms with Gasteiger partial charge < -0.3 is 15.4 Å². The molecular weight excluding hydrogens is 272 g/mol. The number of hydrogen-bond acceptors (Lipinski definition) is 3. The molecule has 0 fully saturated rings. The molecule has 1 amide bonds. The van der Waals surface area contributed by atoms with Crippen molar-refractivity contribution >= 4 is 28.5 Å². The van der Waals surface area contributed by atoms with Crippen molar-refractivity contribution in [1.29, 1.82) is 0 Å². The first kappa shape index (κ1) is 12.9. The summed E-state index contributed by atoms with van der Waals surface area (Å²) in [5, 5.41) is 16.1. The minimum absolute atomic E-state index is 0.248. The smallest absolute Gasteiger partial charge is 0.325 e. The number of carboxylic acid groups (broad SMARTS) is 1. The van der Waals surface area contributed by atoms with Gasteiger partial charge in [-0.05, 0) is 12.1 Å². The normalized spacial score (nSPS) is 10.7. The SMILES string of the molecule is O=C(O)Cn1cc(NC(=O)c2cc3ccccc3[nH]2)cn1. The summed E-state index contributed by atoms with van der Waals surface area (Å²) in [6, 6.07) is 9.33. The Bertz CT molecular complexity index is 785. The second-order valence-electron chi connectivity index (χ2n) is 4.54. The monoisotopic (exact) mass is 284 g/mol. The highest BCUT2D eigenvalue weighted by Crippen LogP contribution is 2.16. The minimum atomic E-state index is -0.994.